The summed E-state index contributed by atoms with van der Waals surface area (Å²) in [7, 11) is 0. The standard InChI is InChI=1S/C43H84O2/c1-4-5-6-7-8-9-24-28-31-34-37-40-43(44)45-41-38-35-32-29-26-23-21-19-17-15-13-11-10-12-14-16-18-20-22-25-27-30-33-36-39-42(2)3/h7-8,42H,4-6,9-41H2,1-3H3/b8-7-. The van der Waals surface area contributed by atoms with Gasteiger partial charge < -0.3 is 4.74 Å². The summed E-state index contributed by atoms with van der Waals surface area (Å²) < 4.78 is 5.44. The molecule has 2 heteroatoms. The molecule has 0 aliphatic heterocycles. The normalized spacial score (nSPS) is 11.7. The molecule has 0 aliphatic carbocycles. The largest absolute Gasteiger partial charge is 0.466 e. The third-order valence-electron chi connectivity index (χ3n) is 9.58. The lowest BCUT2D eigenvalue weighted by atomic mass is 10.0. The maximum Gasteiger partial charge on any atom is 0.305 e. The Morgan fingerprint density at radius 2 is 0.778 bits per heavy atom. The van der Waals surface area contributed by atoms with Crippen LogP contribution in [0, 0.1) is 5.92 Å². The minimum atomic E-state index is 0.0169. The second-order valence-electron chi connectivity index (χ2n) is 14.8. The molecule has 0 heterocycles. The zero-order chi connectivity index (χ0) is 32.7. The van der Waals surface area contributed by atoms with Crippen molar-refractivity contribution in [3.63, 3.8) is 0 Å². The molecule has 0 saturated carbocycles. The molecule has 0 radical (unpaired) electrons. The van der Waals surface area contributed by atoms with E-state index in [4.69, 9.17) is 4.74 Å². The number of rotatable bonds is 38. The smallest absolute Gasteiger partial charge is 0.305 e. The lowest BCUT2D eigenvalue weighted by molar-refractivity contribution is -0.143. The maximum atomic E-state index is 11.9. The Labute approximate surface area is 285 Å². The second-order valence-corrected chi connectivity index (χ2v) is 14.8. The van der Waals surface area contributed by atoms with Crippen molar-refractivity contribution >= 4 is 5.97 Å². The molecule has 0 N–H and O–H groups in total. The van der Waals surface area contributed by atoms with Crippen LogP contribution in [0.3, 0.4) is 0 Å². The quantitative estimate of drug-likeness (QED) is 0.0384. The second kappa shape index (κ2) is 39.4. The van der Waals surface area contributed by atoms with Gasteiger partial charge in [0.15, 0.2) is 0 Å². The molecular weight excluding hydrogens is 548 g/mol. The number of carbonyl (C=O) groups excluding carboxylic acids is 1. The van der Waals surface area contributed by atoms with E-state index in [1.165, 1.54) is 199 Å². The molecule has 0 atom stereocenters. The average Bonchev–Trinajstić information content (AvgIpc) is 3.03. The van der Waals surface area contributed by atoms with Crippen LogP contribution >= 0.6 is 0 Å². The number of ether oxygens (including phenoxy) is 1. The molecule has 0 saturated heterocycles. The van der Waals surface area contributed by atoms with E-state index in [0.717, 1.165) is 25.2 Å². The Bertz CT molecular complexity index is 580. The van der Waals surface area contributed by atoms with E-state index in [1.54, 1.807) is 0 Å². The van der Waals surface area contributed by atoms with Crippen LogP contribution in [0.1, 0.15) is 245 Å². The van der Waals surface area contributed by atoms with Crippen molar-refractivity contribution in [3.05, 3.63) is 12.2 Å². The molecule has 0 aromatic heterocycles. The number of unbranched alkanes of at least 4 members (excludes halogenated alkanes) is 30. The van der Waals surface area contributed by atoms with Crippen LogP contribution in [-0.2, 0) is 9.53 Å². The van der Waals surface area contributed by atoms with Crippen LogP contribution in [0.2, 0.25) is 0 Å². The summed E-state index contributed by atoms with van der Waals surface area (Å²) in [5, 5.41) is 0. The summed E-state index contributed by atoms with van der Waals surface area (Å²) in [5.41, 5.74) is 0. The fraction of sp³-hybridized carbons (Fsp3) is 0.930. The average molecular weight is 633 g/mol. The van der Waals surface area contributed by atoms with E-state index < -0.39 is 0 Å². The Morgan fingerprint density at radius 1 is 0.444 bits per heavy atom. The topological polar surface area (TPSA) is 26.3 Å². The molecule has 0 bridgehead atoms. The van der Waals surface area contributed by atoms with Gasteiger partial charge in [-0.15, -0.1) is 0 Å². The van der Waals surface area contributed by atoms with Gasteiger partial charge in [0.2, 0.25) is 0 Å². The van der Waals surface area contributed by atoms with Crippen LogP contribution in [0.25, 0.3) is 0 Å². The maximum absolute atomic E-state index is 11.9. The highest BCUT2D eigenvalue weighted by molar-refractivity contribution is 5.69. The third kappa shape index (κ3) is 41.2. The molecule has 0 amide bonds. The van der Waals surface area contributed by atoms with E-state index >= 15 is 0 Å². The van der Waals surface area contributed by atoms with E-state index in [0.29, 0.717) is 13.0 Å². The first kappa shape index (κ1) is 44.2. The van der Waals surface area contributed by atoms with Gasteiger partial charge in [0, 0.05) is 6.42 Å². The first-order chi connectivity index (χ1) is 22.2. The SMILES string of the molecule is CCCC/C=C\CCCCCCCC(=O)OCCCCCCCCCCCCCCCCCCCCCCCCCCC(C)C. The van der Waals surface area contributed by atoms with Crippen LogP contribution in [0.5, 0.6) is 0 Å². The predicted molar refractivity (Wildman–Crippen MR) is 202 cm³/mol. The molecule has 0 aliphatic rings. The van der Waals surface area contributed by atoms with Gasteiger partial charge >= 0.3 is 5.97 Å². The van der Waals surface area contributed by atoms with Gasteiger partial charge in [-0.2, -0.15) is 0 Å². The van der Waals surface area contributed by atoms with E-state index in [9.17, 15) is 4.79 Å². The van der Waals surface area contributed by atoms with Crippen LogP contribution in [-0.4, -0.2) is 12.6 Å². The fourth-order valence-electron chi connectivity index (χ4n) is 6.42. The summed E-state index contributed by atoms with van der Waals surface area (Å²) in [6, 6.07) is 0. The van der Waals surface area contributed by atoms with Gasteiger partial charge in [0.1, 0.15) is 0 Å². The van der Waals surface area contributed by atoms with Crippen molar-refractivity contribution in [2.24, 2.45) is 5.92 Å². The first-order valence-electron chi connectivity index (χ1n) is 21.0. The van der Waals surface area contributed by atoms with Crippen LogP contribution < -0.4 is 0 Å². The number of carbonyl (C=O) groups is 1. The zero-order valence-corrected chi connectivity index (χ0v) is 31.5. The zero-order valence-electron chi connectivity index (χ0n) is 31.5. The molecule has 0 fully saturated rings. The molecule has 268 valence electrons. The minimum absolute atomic E-state index is 0.0169. The Balaban J connectivity index is 3.14. The summed E-state index contributed by atoms with van der Waals surface area (Å²) in [4.78, 5) is 11.9. The highest BCUT2D eigenvalue weighted by Crippen LogP contribution is 2.16. The van der Waals surface area contributed by atoms with Crippen molar-refractivity contribution < 1.29 is 9.53 Å². The summed E-state index contributed by atoms with van der Waals surface area (Å²) in [5.74, 6) is 0.903. The van der Waals surface area contributed by atoms with Crippen molar-refractivity contribution in [2.45, 2.75) is 245 Å². The molecule has 0 aromatic carbocycles. The van der Waals surface area contributed by atoms with E-state index in [1.807, 2.05) is 0 Å². The van der Waals surface area contributed by atoms with Crippen molar-refractivity contribution in [1.82, 2.24) is 0 Å². The minimum Gasteiger partial charge on any atom is -0.466 e. The van der Waals surface area contributed by atoms with Crippen LogP contribution in [0.4, 0.5) is 0 Å². The monoisotopic (exact) mass is 633 g/mol. The Hall–Kier alpha value is -0.790. The van der Waals surface area contributed by atoms with Gasteiger partial charge in [0.25, 0.3) is 0 Å². The van der Waals surface area contributed by atoms with Crippen molar-refractivity contribution in [1.29, 1.82) is 0 Å². The summed E-state index contributed by atoms with van der Waals surface area (Å²) in [6.07, 6.45) is 51.7. The molecule has 45 heavy (non-hydrogen) atoms. The highest BCUT2D eigenvalue weighted by atomic mass is 16.5. The van der Waals surface area contributed by atoms with Gasteiger partial charge in [-0.25, -0.2) is 0 Å². The molecule has 0 unspecified atom stereocenters. The lowest BCUT2D eigenvalue weighted by Gasteiger charge is -2.06. The third-order valence-corrected chi connectivity index (χ3v) is 9.58. The van der Waals surface area contributed by atoms with Gasteiger partial charge in [0.05, 0.1) is 6.61 Å². The molecule has 2 nitrogen and oxygen atoms in total. The van der Waals surface area contributed by atoms with Gasteiger partial charge in [-0.1, -0.05) is 219 Å². The van der Waals surface area contributed by atoms with Gasteiger partial charge in [-0.3, -0.25) is 4.79 Å². The summed E-state index contributed by atoms with van der Waals surface area (Å²) in [6.45, 7) is 7.56. The predicted octanol–water partition coefficient (Wildman–Crippen LogP) is 15.4. The number of esters is 1. The fourth-order valence-corrected chi connectivity index (χ4v) is 6.42. The molecule has 0 rings (SSSR count). The van der Waals surface area contributed by atoms with Gasteiger partial charge in [-0.05, 0) is 38.0 Å². The number of allylic oxidation sites excluding steroid dienone is 2. The van der Waals surface area contributed by atoms with E-state index in [2.05, 4.69) is 32.9 Å². The first-order valence-corrected chi connectivity index (χ1v) is 21.0. The highest BCUT2D eigenvalue weighted by Gasteiger charge is 2.03. The Kier molecular flexibility index (Phi) is 38.7. The molecular formula is C43H84O2. The number of hydrogen-bond donors (Lipinski definition) is 0. The van der Waals surface area contributed by atoms with Crippen LogP contribution in [0.15, 0.2) is 12.2 Å². The van der Waals surface area contributed by atoms with Crippen molar-refractivity contribution in [3.8, 4) is 0 Å². The Morgan fingerprint density at radius 3 is 1.18 bits per heavy atom. The molecule has 0 spiro atoms. The van der Waals surface area contributed by atoms with Crippen molar-refractivity contribution in [2.75, 3.05) is 6.61 Å². The lowest BCUT2D eigenvalue weighted by Crippen LogP contribution is -2.05. The molecule has 0 aromatic rings. The summed E-state index contributed by atoms with van der Waals surface area (Å²) >= 11 is 0. The van der Waals surface area contributed by atoms with E-state index in [-0.39, 0.29) is 5.97 Å². The number of hydrogen-bond acceptors (Lipinski definition) is 2.